The van der Waals surface area contributed by atoms with Crippen molar-refractivity contribution in [2.75, 3.05) is 40.9 Å². The van der Waals surface area contributed by atoms with Gasteiger partial charge in [0.2, 0.25) is 5.91 Å². The second kappa shape index (κ2) is 56.4. The zero-order valence-electron chi connectivity index (χ0n) is 50.6. The molecule has 1 amide bonds. The maximum Gasteiger partial charge on any atom is 0.472 e. The van der Waals surface area contributed by atoms with Crippen LogP contribution in [-0.4, -0.2) is 74.3 Å². The Morgan fingerprint density at radius 1 is 0.462 bits per heavy atom. The highest BCUT2D eigenvalue weighted by Crippen LogP contribution is 2.43. The van der Waals surface area contributed by atoms with Crippen molar-refractivity contribution < 1.29 is 37.3 Å². The van der Waals surface area contributed by atoms with Crippen LogP contribution in [0.5, 0.6) is 0 Å². The van der Waals surface area contributed by atoms with Crippen molar-refractivity contribution in [3.63, 3.8) is 0 Å². The van der Waals surface area contributed by atoms with Crippen molar-refractivity contribution in [3.8, 4) is 0 Å². The number of phosphoric ester groups is 1. The summed E-state index contributed by atoms with van der Waals surface area (Å²) >= 11 is 0. The predicted molar refractivity (Wildman–Crippen MR) is 336 cm³/mol. The average Bonchev–Trinajstić information content (AvgIpc) is 3.40. The van der Waals surface area contributed by atoms with Gasteiger partial charge in [0.15, 0.2) is 0 Å². The monoisotopic (exact) mass is 1100 g/mol. The average molecular weight is 1100 g/mol. The van der Waals surface area contributed by atoms with Gasteiger partial charge in [0.1, 0.15) is 19.3 Å². The molecule has 9 nitrogen and oxygen atoms in total. The molecule has 0 aliphatic carbocycles. The molecule has 0 bridgehead atoms. The number of carbonyl (C=O) groups is 2. The summed E-state index contributed by atoms with van der Waals surface area (Å²) in [5, 5.41) is 3.01. The molecule has 2 N–H and O–H groups in total. The molecule has 0 aromatic rings. The lowest BCUT2D eigenvalue weighted by atomic mass is 10.1. The molecule has 3 unspecified atom stereocenters. The van der Waals surface area contributed by atoms with E-state index in [1.54, 1.807) is 0 Å². The molecule has 0 spiro atoms. The van der Waals surface area contributed by atoms with E-state index in [4.69, 9.17) is 13.8 Å². The molecular weight excluding hydrogens is 988 g/mol. The van der Waals surface area contributed by atoms with Crippen molar-refractivity contribution in [1.29, 1.82) is 0 Å². The first kappa shape index (κ1) is 74.2. The number of hydrogen-bond acceptors (Lipinski definition) is 6. The first-order valence-electron chi connectivity index (χ1n) is 31.0. The number of esters is 1. The van der Waals surface area contributed by atoms with Gasteiger partial charge >= 0.3 is 13.8 Å². The zero-order valence-corrected chi connectivity index (χ0v) is 51.5. The number of carbonyl (C=O) groups excluding carboxylic acids is 2. The number of phosphoric acid groups is 1. The maximum atomic E-state index is 13.5. The van der Waals surface area contributed by atoms with Crippen molar-refractivity contribution in [1.82, 2.24) is 5.32 Å². The van der Waals surface area contributed by atoms with E-state index >= 15 is 0 Å². The van der Waals surface area contributed by atoms with Crippen LogP contribution in [0.1, 0.15) is 233 Å². The normalized spacial score (nSPS) is 14.6. The minimum Gasteiger partial charge on any atom is -0.456 e. The standard InChI is InChI=1S/C68H115N2O7P/c1-7-10-13-16-19-22-25-28-30-32-33-34-35-36-37-39-41-43-46-49-52-55-58-61-68(72)77-66(59-56-53-50-47-44-27-24-21-18-15-12-9-3)65(64-76-78(73,74)75-63-62-70(4,5)6)69-67(71)60-57-54-51-48-45-42-40-38-31-29-26-23-20-17-14-11-8-2/h10-11,13-14,19-20,22-23,28-31,33-34,36-37,40,42,48,51,56,59,65-66H,7-9,12,15-18,21,24-27,32,35,38-39,41,43-47,49-50,52-55,57-58,60-64H2,1-6H3,(H-,69,71,73,74)/p+1/b13-10-,14-11-,22-19-,23-20-,30-28-,31-29-,34-33-,37-36-,42-40-,51-48-,59-56-. The van der Waals surface area contributed by atoms with E-state index in [9.17, 15) is 19.0 Å². The molecule has 0 saturated heterocycles. The van der Waals surface area contributed by atoms with Gasteiger partial charge in [-0.1, -0.05) is 238 Å². The van der Waals surface area contributed by atoms with Crippen LogP contribution in [0, 0.1) is 0 Å². The Morgan fingerprint density at radius 3 is 1.26 bits per heavy atom. The van der Waals surface area contributed by atoms with Gasteiger partial charge in [0.25, 0.3) is 0 Å². The number of hydrogen-bond donors (Lipinski definition) is 2. The highest BCUT2D eigenvalue weighted by molar-refractivity contribution is 7.47. The van der Waals surface area contributed by atoms with Crippen molar-refractivity contribution in [2.45, 2.75) is 245 Å². The number of amides is 1. The van der Waals surface area contributed by atoms with Gasteiger partial charge in [-0.2, -0.15) is 0 Å². The number of rotatable bonds is 54. The van der Waals surface area contributed by atoms with Gasteiger partial charge < -0.3 is 19.4 Å². The molecule has 0 aliphatic rings. The number of quaternary nitrogens is 1. The van der Waals surface area contributed by atoms with E-state index < -0.39 is 20.0 Å². The molecule has 0 heterocycles. The zero-order chi connectivity index (χ0) is 57.2. The summed E-state index contributed by atoms with van der Waals surface area (Å²) in [6.45, 7) is 6.71. The molecule has 0 aromatic carbocycles. The molecular formula is C68H116N2O7P+. The summed E-state index contributed by atoms with van der Waals surface area (Å²) in [6, 6.07) is -0.892. The molecule has 0 aromatic heterocycles. The first-order chi connectivity index (χ1) is 37.9. The Kier molecular flexibility index (Phi) is 53.6. The smallest absolute Gasteiger partial charge is 0.456 e. The lowest BCUT2D eigenvalue weighted by Crippen LogP contribution is -2.47. The van der Waals surface area contributed by atoms with E-state index in [0.29, 0.717) is 23.9 Å². The summed E-state index contributed by atoms with van der Waals surface area (Å²) in [5.41, 5.74) is 0. The molecule has 3 atom stereocenters. The molecule has 444 valence electrons. The number of likely N-dealkylation sites (N-methyl/N-ethyl adjacent to an activating group) is 1. The van der Waals surface area contributed by atoms with Crippen LogP contribution >= 0.6 is 7.82 Å². The van der Waals surface area contributed by atoms with Gasteiger partial charge in [-0.05, 0) is 115 Å². The van der Waals surface area contributed by atoms with Crippen LogP contribution in [0.25, 0.3) is 0 Å². The molecule has 0 fully saturated rings. The van der Waals surface area contributed by atoms with Crippen LogP contribution in [0.15, 0.2) is 134 Å². The minimum absolute atomic E-state index is 0.0202. The Labute approximate surface area is 479 Å². The molecule has 0 rings (SSSR count). The number of unbranched alkanes of at least 4 members (excludes halogenated alkanes) is 18. The highest BCUT2D eigenvalue weighted by Gasteiger charge is 2.30. The highest BCUT2D eigenvalue weighted by atomic mass is 31.2. The number of ether oxygens (including phenoxy) is 1. The van der Waals surface area contributed by atoms with Gasteiger partial charge in [-0.3, -0.25) is 18.6 Å². The predicted octanol–water partition coefficient (Wildman–Crippen LogP) is 19.3. The summed E-state index contributed by atoms with van der Waals surface area (Å²) in [6.07, 6.45) is 80.3. The Hall–Kier alpha value is -3.85. The van der Waals surface area contributed by atoms with Crippen molar-refractivity contribution in [3.05, 3.63) is 134 Å². The fraction of sp³-hybridized carbons (Fsp3) is 0.647. The van der Waals surface area contributed by atoms with Crippen LogP contribution < -0.4 is 5.32 Å². The number of nitrogens with zero attached hydrogens (tertiary/aromatic N) is 1. The third-order valence-electron chi connectivity index (χ3n) is 12.8. The molecule has 0 saturated carbocycles. The molecule has 0 aliphatic heterocycles. The minimum atomic E-state index is -4.48. The Bertz CT molecular complexity index is 1800. The number of allylic oxidation sites excluding steroid dienone is 21. The van der Waals surface area contributed by atoms with Crippen LogP contribution in [0.2, 0.25) is 0 Å². The van der Waals surface area contributed by atoms with Crippen LogP contribution in [-0.2, 0) is 27.9 Å². The molecule has 10 heteroatoms. The van der Waals surface area contributed by atoms with Crippen molar-refractivity contribution >= 4 is 19.7 Å². The Morgan fingerprint density at radius 2 is 0.833 bits per heavy atom. The van der Waals surface area contributed by atoms with Crippen LogP contribution in [0.3, 0.4) is 0 Å². The second-order valence-electron chi connectivity index (χ2n) is 21.5. The van der Waals surface area contributed by atoms with E-state index in [1.165, 1.54) is 70.6 Å². The van der Waals surface area contributed by atoms with Gasteiger partial charge in [0.05, 0.1) is 33.8 Å². The summed E-state index contributed by atoms with van der Waals surface area (Å²) in [5.74, 6) is -0.596. The second-order valence-corrected chi connectivity index (χ2v) is 22.9. The van der Waals surface area contributed by atoms with E-state index in [-0.39, 0.29) is 37.9 Å². The van der Waals surface area contributed by atoms with Crippen molar-refractivity contribution in [2.24, 2.45) is 0 Å². The largest absolute Gasteiger partial charge is 0.472 e. The van der Waals surface area contributed by atoms with E-state index in [0.717, 1.165) is 116 Å². The maximum absolute atomic E-state index is 13.5. The first-order valence-corrected chi connectivity index (χ1v) is 32.5. The Balaban J connectivity index is 5.34. The SMILES string of the molecule is CC/C=C\C/C=C\C/C=C\C/C=C\C/C=C\CCCCCCCCCC(=O)OC(/C=C\CCCCCCCCCCCC)C(COP(=O)(O)OCC[N+](C)(C)C)NC(=O)CCC/C=C\C/C=C\C/C=C\C/C=C\C/C=C\CC. The van der Waals surface area contributed by atoms with E-state index in [1.807, 2.05) is 33.3 Å². The quantitative estimate of drug-likeness (QED) is 0.0205. The van der Waals surface area contributed by atoms with Gasteiger partial charge in [-0.15, -0.1) is 0 Å². The fourth-order valence-electron chi connectivity index (χ4n) is 8.12. The van der Waals surface area contributed by atoms with Crippen LogP contribution in [0.4, 0.5) is 0 Å². The van der Waals surface area contributed by atoms with Gasteiger partial charge in [-0.25, -0.2) is 4.57 Å². The summed E-state index contributed by atoms with van der Waals surface area (Å²) < 4.78 is 30.6. The van der Waals surface area contributed by atoms with E-state index in [2.05, 4.69) is 148 Å². The molecule has 78 heavy (non-hydrogen) atoms. The number of nitrogens with one attached hydrogen (secondary N) is 1. The fourth-order valence-corrected chi connectivity index (χ4v) is 8.85. The third kappa shape index (κ3) is 56.9. The summed E-state index contributed by atoms with van der Waals surface area (Å²) in [4.78, 5) is 37.7. The van der Waals surface area contributed by atoms with Gasteiger partial charge in [0, 0.05) is 12.8 Å². The summed E-state index contributed by atoms with van der Waals surface area (Å²) in [7, 11) is 1.43. The third-order valence-corrected chi connectivity index (χ3v) is 13.8. The molecule has 0 radical (unpaired) electrons. The topological polar surface area (TPSA) is 111 Å². The lowest BCUT2D eigenvalue weighted by Gasteiger charge is -2.27. The lowest BCUT2D eigenvalue weighted by molar-refractivity contribution is -0.870.